The molecule has 1 N–H and O–H groups in total. The summed E-state index contributed by atoms with van der Waals surface area (Å²) in [4.78, 5) is 22.6. The number of ether oxygens (including phenoxy) is 1. The van der Waals surface area contributed by atoms with Crippen LogP contribution in [0.15, 0.2) is 78.9 Å². The average Bonchev–Trinajstić information content (AvgIpc) is 2.92. The third kappa shape index (κ3) is 4.89. The first-order valence-electron chi connectivity index (χ1n) is 11.7. The van der Waals surface area contributed by atoms with Crippen LogP contribution in [0.4, 0.5) is 15.9 Å². The predicted molar refractivity (Wildman–Crippen MR) is 137 cm³/mol. The number of carbonyl (C=O) groups is 1. The second-order valence-corrected chi connectivity index (χ2v) is 8.49. The van der Waals surface area contributed by atoms with Crippen LogP contribution in [0.25, 0.3) is 10.9 Å². The van der Waals surface area contributed by atoms with E-state index in [1.54, 1.807) is 25.3 Å². The fourth-order valence-electron chi connectivity index (χ4n) is 4.41. The monoisotopic (exact) mass is 470 g/mol. The number of carbonyl (C=O) groups excluding carboxylic acids is 1. The van der Waals surface area contributed by atoms with Crippen LogP contribution in [0.1, 0.15) is 15.9 Å². The number of fused-ring (bicyclic) bond motifs is 1. The highest BCUT2D eigenvalue weighted by atomic mass is 19.1. The zero-order valence-electron chi connectivity index (χ0n) is 19.6. The third-order valence-electron chi connectivity index (χ3n) is 6.39. The number of benzene rings is 3. The molecule has 1 aromatic heterocycles. The smallest absolute Gasteiger partial charge is 0.252 e. The van der Waals surface area contributed by atoms with Crippen molar-refractivity contribution in [3.8, 4) is 5.75 Å². The SMILES string of the molecule is COc1ccc(N2CCN(c3cc(C(=O)NCc4ccccc4F)c4ccccc4n3)CC2)cc1. The first-order valence-corrected chi connectivity index (χ1v) is 11.7. The van der Waals surface area contributed by atoms with E-state index in [1.807, 2.05) is 42.5 Å². The Bertz CT molecular complexity index is 1330. The van der Waals surface area contributed by atoms with Crippen molar-refractivity contribution in [1.29, 1.82) is 0 Å². The van der Waals surface area contributed by atoms with Crippen molar-refractivity contribution in [2.45, 2.75) is 6.54 Å². The molecule has 5 rings (SSSR count). The van der Waals surface area contributed by atoms with Crippen LogP contribution in [0, 0.1) is 5.82 Å². The molecule has 35 heavy (non-hydrogen) atoms. The lowest BCUT2D eigenvalue weighted by atomic mass is 10.1. The quantitative estimate of drug-likeness (QED) is 0.445. The van der Waals surface area contributed by atoms with E-state index >= 15 is 0 Å². The molecule has 6 nitrogen and oxygen atoms in total. The van der Waals surface area contributed by atoms with Crippen molar-refractivity contribution in [3.05, 3.63) is 95.8 Å². The number of pyridine rings is 1. The number of piperazine rings is 1. The molecule has 4 aromatic rings. The lowest BCUT2D eigenvalue weighted by Crippen LogP contribution is -2.46. The van der Waals surface area contributed by atoms with Gasteiger partial charge in [0.1, 0.15) is 17.4 Å². The van der Waals surface area contributed by atoms with Crippen LogP contribution in [-0.4, -0.2) is 44.2 Å². The molecular weight excluding hydrogens is 443 g/mol. The number of methoxy groups -OCH3 is 1. The van der Waals surface area contributed by atoms with Gasteiger partial charge in [0.25, 0.3) is 5.91 Å². The van der Waals surface area contributed by atoms with Crippen molar-refractivity contribution in [1.82, 2.24) is 10.3 Å². The Labute approximate surface area is 204 Å². The number of hydrogen-bond donors (Lipinski definition) is 1. The van der Waals surface area contributed by atoms with Crippen LogP contribution in [0.5, 0.6) is 5.75 Å². The molecule has 1 saturated heterocycles. The first-order chi connectivity index (χ1) is 17.1. The molecular formula is C28H27FN4O2. The maximum atomic E-state index is 14.0. The molecule has 1 amide bonds. The molecule has 0 unspecified atom stereocenters. The standard InChI is InChI=1S/C28H27FN4O2/c1-35-22-12-10-21(11-13-22)32-14-16-33(17-15-32)27-18-24(23-7-3-5-9-26(23)31-27)28(34)30-19-20-6-2-4-8-25(20)29/h2-13,18H,14-17,19H2,1H3,(H,30,34). The van der Waals surface area contributed by atoms with E-state index in [-0.39, 0.29) is 18.3 Å². The molecule has 1 aliphatic heterocycles. The summed E-state index contributed by atoms with van der Waals surface area (Å²) in [5.74, 6) is 1.04. The van der Waals surface area contributed by atoms with Crippen molar-refractivity contribution < 1.29 is 13.9 Å². The van der Waals surface area contributed by atoms with Gasteiger partial charge in [-0.1, -0.05) is 36.4 Å². The number of anilines is 2. The molecule has 2 heterocycles. The van der Waals surface area contributed by atoms with Gasteiger partial charge >= 0.3 is 0 Å². The van der Waals surface area contributed by atoms with Gasteiger partial charge in [-0.25, -0.2) is 9.37 Å². The minimum Gasteiger partial charge on any atom is -0.497 e. The number of rotatable bonds is 6. The zero-order valence-corrected chi connectivity index (χ0v) is 19.6. The number of nitrogens with one attached hydrogen (secondary N) is 1. The molecule has 0 spiro atoms. The predicted octanol–water partition coefficient (Wildman–Crippen LogP) is 4.64. The highest BCUT2D eigenvalue weighted by Gasteiger charge is 2.21. The molecule has 0 radical (unpaired) electrons. The third-order valence-corrected chi connectivity index (χ3v) is 6.39. The van der Waals surface area contributed by atoms with Crippen molar-refractivity contribution in [3.63, 3.8) is 0 Å². The van der Waals surface area contributed by atoms with Crippen LogP contribution < -0.4 is 19.9 Å². The van der Waals surface area contributed by atoms with Gasteiger partial charge in [0, 0.05) is 49.4 Å². The summed E-state index contributed by atoms with van der Waals surface area (Å²) in [6, 6.07) is 24.0. The molecule has 0 aliphatic carbocycles. The number of halogens is 1. The highest BCUT2D eigenvalue weighted by Crippen LogP contribution is 2.26. The zero-order chi connectivity index (χ0) is 24.2. The Kier molecular flexibility index (Phi) is 6.48. The topological polar surface area (TPSA) is 57.7 Å². The summed E-state index contributed by atoms with van der Waals surface area (Å²) in [6.45, 7) is 3.38. The minimum absolute atomic E-state index is 0.123. The van der Waals surface area contributed by atoms with Crippen LogP contribution in [0.2, 0.25) is 0 Å². The van der Waals surface area contributed by atoms with Gasteiger partial charge in [0.2, 0.25) is 0 Å². The van der Waals surface area contributed by atoms with E-state index in [0.717, 1.165) is 54.3 Å². The fourth-order valence-corrected chi connectivity index (χ4v) is 4.41. The number of hydrogen-bond acceptors (Lipinski definition) is 5. The maximum Gasteiger partial charge on any atom is 0.252 e. The van der Waals surface area contributed by atoms with E-state index < -0.39 is 0 Å². The summed E-state index contributed by atoms with van der Waals surface area (Å²) < 4.78 is 19.3. The largest absolute Gasteiger partial charge is 0.497 e. The van der Waals surface area contributed by atoms with Crippen molar-refractivity contribution in [2.75, 3.05) is 43.1 Å². The molecule has 0 saturated carbocycles. The van der Waals surface area contributed by atoms with E-state index in [2.05, 4.69) is 27.2 Å². The number of nitrogens with zero attached hydrogens (tertiary/aromatic N) is 3. The Morgan fingerprint density at radius 3 is 2.37 bits per heavy atom. The van der Waals surface area contributed by atoms with Gasteiger partial charge in [0.05, 0.1) is 18.2 Å². The van der Waals surface area contributed by atoms with E-state index in [4.69, 9.17) is 9.72 Å². The normalized spacial score (nSPS) is 13.7. The first kappa shape index (κ1) is 22.7. The fraction of sp³-hybridized carbons (Fsp3) is 0.214. The van der Waals surface area contributed by atoms with Gasteiger partial charge in [-0.3, -0.25) is 4.79 Å². The van der Waals surface area contributed by atoms with E-state index in [1.165, 1.54) is 6.07 Å². The second kappa shape index (κ2) is 10.0. The summed E-state index contributed by atoms with van der Waals surface area (Å²) in [6.07, 6.45) is 0. The maximum absolute atomic E-state index is 14.0. The second-order valence-electron chi connectivity index (χ2n) is 8.49. The Hall–Kier alpha value is -4.13. The highest BCUT2D eigenvalue weighted by molar-refractivity contribution is 6.07. The van der Waals surface area contributed by atoms with Crippen molar-refractivity contribution in [2.24, 2.45) is 0 Å². The van der Waals surface area contributed by atoms with Crippen LogP contribution in [0.3, 0.4) is 0 Å². The molecule has 1 aliphatic rings. The van der Waals surface area contributed by atoms with E-state index in [9.17, 15) is 9.18 Å². The molecule has 1 fully saturated rings. The lowest BCUT2D eigenvalue weighted by Gasteiger charge is -2.37. The van der Waals surface area contributed by atoms with Gasteiger partial charge in [-0.05, 0) is 42.5 Å². The van der Waals surface area contributed by atoms with Crippen molar-refractivity contribution >= 4 is 28.3 Å². The lowest BCUT2D eigenvalue weighted by molar-refractivity contribution is 0.0952. The number of amides is 1. The summed E-state index contributed by atoms with van der Waals surface area (Å²) >= 11 is 0. The minimum atomic E-state index is -0.331. The Morgan fingerprint density at radius 2 is 1.63 bits per heavy atom. The van der Waals surface area contributed by atoms with Crippen LogP contribution in [-0.2, 0) is 6.54 Å². The van der Waals surface area contributed by atoms with Crippen LogP contribution >= 0.6 is 0 Å². The van der Waals surface area contributed by atoms with Gasteiger partial charge in [-0.15, -0.1) is 0 Å². The summed E-state index contributed by atoms with van der Waals surface area (Å²) in [5.41, 5.74) is 2.91. The number of aromatic nitrogens is 1. The molecule has 3 aromatic carbocycles. The summed E-state index contributed by atoms with van der Waals surface area (Å²) in [7, 11) is 1.67. The number of para-hydroxylation sites is 1. The Morgan fingerprint density at radius 1 is 0.943 bits per heavy atom. The molecule has 7 heteroatoms. The molecule has 178 valence electrons. The van der Waals surface area contributed by atoms with Gasteiger partial charge in [-0.2, -0.15) is 0 Å². The average molecular weight is 471 g/mol. The molecule has 0 atom stereocenters. The van der Waals surface area contributed by atoms with Gasteiger partial charge in [0.15, 0.2) is 0 Å². The molecule has 0 bridgehead atoms. The Balaban J connectivity index is 1.34. The van der Waals surface area contributed by atoms with E-state index in [0.29, 0.717) is 11.1 Å². The summed E-state index contributed by atoms with van der Waals surface area (Å²) in [5, 5.41) is 3.65. The van der Waals surface area contributed by atoms with Gasteiger partial charge < -0.3 is 19.9 Å².